The van der Waals surface area contributed by atoms with Crippen molar-refractivity contribution in [1.82, 2.24) is 5.32 Å². The molecule has 1 atom stereocenters. The second-order valence-electron chi connectivity index (χ2n) is 5.15. The Kier molecular flexibility index (Phi) is 4.32. The Morgan fingerprint density at radius 2 is 2.14 bits per heavy atom. The second kappa shape index (κ2) is 6.37. The van der Waals surface area contributed by atoms with Gasteiger partial charge >= 0.3 is 0 Å². The van der Waals surface area contributed by atoms with E-state index in [0.29, 0.717) is 18.2 Å². The van der Waals surface area contributed by atoms with E-state index in [1.807, 2.05) is 43.4 Å². The molecule has 1 unspecified atom stereocenters. The number of halogens is 1. The summed E-state index contributed by atoms with van der Waals surface area (Å²) in [5.41, 5.74) is 2.35. The van der Waals surface area contributed by atoms with Crippen LogP contribution in [0.5, 0.6) is 11.5 Å². The fourth-order valence-corrected chi connectivity index (χ4v) is 2.79. The molecule has 0 bridgehead atoms. The van der Waals surface area contributed by atoms with Crippen LogP contribution in [0.25, 0.3) is 0 Å². The standard InChI is InChI=1S/C17H18ClNO2/c1-19-9-12-6-7-17(15(18)8-12)21-11-13-10-20-16-5-3-2-4-14(13)16/h2-8,13,19H,9-11H2,1H3. The van der Waals surface area contributed by atoms with Crippen LogP contribution in [-0.4, -0.2) is 20.3 Å². The van der Waals surface area contributed by atoms with E-state index < -0.39 is 0 Å². The molecule has 0 saturated heterocycles. The average molecular weight is 304 g/mol. The van der Waals surface area contributed by atoms with Crippen LogP contribution in [0.4, 0.5) is 0 Å². The molecule has 21 heavy (non-hydrogen) atoms. The number of nitrogens with one attached hydrogen (secondary N) is 1. The van der Waals surface area contributed by atoms with E-state index in [0.717, 1.165) is 23.6 Å². The molecule has 4 heteroatoms. The molecular formula is C17H18ClNO2. The summed E-state index contributed by atoms with van der Waals surface area (Å²) in [6.45, 7) is 2.03. The minimum absolute atomic E-state index is 0.259. The quantitative estimate of drug-likeness (QED) is 0.915. The summed E-state index contributed by atoms with van der Waals surface area (Å²) in [5.74, 6) is 1.94. The molecule has 0 spiro atoms. The third kappa shape index (κ3) is 3.14. The highest BCUT2D eigenvalue weighted by molar-refractivity contribution is 6.32. The van der Waals surface area contributed by atoms with Gasteiger partial charge < -0.3 is 14.8 Å². The summed E-state index contributed by atoms with van der Waals surface area (Å²) in [6, 6.07) is 14.0. The number of hydrogen-bond donors (Lipinski definition) is 1. The van der Waals surface area contributed by atoms with Crippen molar-refractivity contribution < 1.29 is 9.47 Å². The number of fused-ring (bicyclic) bond motifs is 1. The highest BCUT2D eigenvalue weighted by atomic mass is 35.5. The maximum atomic E-state index is 6.27. The maximum Gasteiger partial charge on any atom is 0.137 e. The number of hydrogen-bond acceptors (Lipinski definition) is 3. The highest BCUT2D eigenvalue weighted by Gasteiger charge is 2.24. The molecule has 2 aromatic carbocycles. The molecule has 0 fully saturated rings. The lowest BCUT2D eigenvalue weighted by atomic mass is 10.0. The first-order chi connectivity index (χ1) is 10.3. The fraction of sp³-hybridized carbons (Fsp3) is 0.294. The smallest absolute Gasteiger partial charge is 0.137 e. The molecule has 1 aliphatic heterocycles. The first kappa shape index (κ1) is 14.2. The molecule has 0 radical (unpaired) electrons. The largest absolute Gasteiger partial charge is 0.493 e. The lowest BCUT2D eigenvalue weighted by Crippen LogP contribution is -2.12. The van der Waals surface area contributed by atoms with E-state index in [1.165, 1.54) is 5.56 Å². The van der Waals surface area contributed by atoms with E-state index in [1.54, 1.807) is 0 Å². The minimum atomic E-state index is 0.259. The fourth-order valence-electron chi connectivity index (χ4n) is 2.53. The van der Waals surface area contributed by atoms with Crippen LogP contribution in [0.3, 0.4) is 0 Å². The Morgan fingerprint density at radius 3 is 2.95 bits per heavy atom. The van der Waals surface area contributed by atoms with Gasteiger partial charge in [-0.3, -0.25) is 0 Å². The number of benzene rings is 2. The Hall–Kier alpha value is -1.71. The van der Waals surface area contributed by atoms with Crippen LogP contribution in [0.1, 0.15) is 17.0 Å². The zero-order chi connectivity index (χ0) is 14.7. The summed E-state index contributed by atoms with van der Waals surface area (Å²) in [4.78, 5) is 0. The Morgan fingerprint density at radius 1 is 1.29 bits per heavy atom. The van der Waals surface area contributed by atoms with Gasteiger partial charge in [0, 0.05) is 12.1 Å². The molecule has 110 valence electrons. The van der Waals surface area contributed by atoms with Crippen molar-refractivity contribution in [1.29, 1.82) is 0 Å². The summed E-state index contributed by atoms with van der Waals surface area (Å²) in [7, 11) is 1.91. The molecule has 1 N–H and O–H groups in total. The zero-order valence-corrected chi connectivity index (χ0v) is 12.7. The van der Waals surface area contributed by atoms with Crippen molar-refractivity contribution in [3.05, 3.63) is 58.6 Å². The lowest BCUT2D eigenvalue weighted by molar-refractivity contribution is 0.248. The van der Waals surface area contributed by atoms with E-state index in [9.17, 15) is 0 Å². The molecule has 1 aliphatic rings. The van der Waals surface area contributed by atoms with Gasteiger partial charge in [-0.05, 0) is 30.8 Å². The van der Waals surface area contributed by atoms with Gasteiger partial charge in [0.05, 0.1) is 24.2 Å². The monoisotopic (exact) mass is 303 g/mol. The minimum Gasteiger partial charge on any atom is -0.493 e. The van der Waals surface area contributed by atoms with Crippen LogP contribution in [-0.2, 0) is 6.54 Å². The zero-order valence-electron chi connectivity index (χ0n) is 11.9. The van der Waals surface area contributed by atoms with Crippen molar-refractivity contribution in [2.45, 2.75) is 12.5 Å². The van der Waals surface area contributed by atoms with Crippen molar-refractivity contribution in [2.24, 2.45) is 0 Å². The summed E-state index contributed by atoms with van der Waals surface area (Å²) in [5, 5.41) is 3.75. The predicted octanol–water partition coefficient (Wildman–Crippen LogP) is 3.61. The normalized spacial score (nSPS) is 16.4. The third-order valence-corrected chi connectivity index (χ3v) is 3.91. The van der Waals surface area contributed by atoms with Gasteiger partial charge in [-0.15, -0.1) is 0 Å². The Labute approximate surface area is 129 Å². The predicted molar refractivity (Wildman–Crippen MR) is 84.4 cm³/mol. The third-order valence-electron chi connectivity index (χ3n) is 3.62. The van der Waals surface area contributed by atoms with Gasteiger partial charge in [-0.2, -0.15) is 0 Å². The molecule has 0 aromatic heterocycles. The first-order valence-corrected chi connectivity index (χ1v) is 7.43. The molecule has 3 rings (SSSR count). The molecule has 0 amide bonds. The summed E-state index contributed by atoms with van der Waals surface area (Å²) >= 11 is 6.27. The van der Waals surface area contributed by atoms with Crippen molar-refractivity contribution in [2.75, 3.05) is 20.3 Å². The first-order valence-electron chi connectivity index (χ1n) is 7.05. The molecule has 0 saturated carbocycles. The number of para-hydroxylation sites is 1. The van der Waals surface area contributed by atoms with E-state index in [-0.39, 0.29) is 5.92 Å². The maximum absolute atomic E-state index is 6.27. The molecule has 1 heterocycles. The molecule has 2 aromatic rings. The van der Waals surface area contributed by atoms with E-state index >= 15 is 0 Å². The van der Waals surface area contributed by atoms with Crippen LogP contribution in [0, 0.1) is 0 Å². The number of ether oxygens (including phenoxy) is 2. The van der Waals surface area contributed by atoms with Gasteiger partial charge in [-0.1, -0.05) is 35.9 Å². The molecule has 3 nitrogen and oxygen atoms in total. The van der Waals surface area contributed by atoms with Crippen molar-refractivity contribution in [3.63, 3.8) is 0 Å². The summed E-state index contributed by atoms with van der Waals surface area (Å²) < 4.78 is 11.5. The van der Waals surface area contributed by atoms with Gasteiger partial charge in [-0.25, -0.2) is 0 Å². The average Bonchev–Trinajstić information content (AvgIpc) is 2.90. The Balaban J connectivity index is 1.66. The SMILES string of the molecule is CNCc1ccc(OCC2COc3ccccc32)c(Cl)c1. The topological polar surface area (TPSA) is 30.5 Å². The van der Waals surface area contributed by atoms with Crippen LogP contribution >= 0.6 is 11.6 Å². The van der Waals surface area contributed by atoms with E-state index in [2.05, 4.69) is 11.4 Å². The van der Waals surface area contributed by atoms with Gasteiger partial charge in [0.15, 0.2) is 0 Å². The van der Waals surface area contributed by atoms with Gasteiger partial charge in [0.2, 0.25) is 0 Å². The molecule has 0 aliphatic carbocycles. The second-order valence-corrected chi connectivity index (χ2v) is 5.56. The van der Waals surface area contributed by atoms with Gasteiger partial charge in [0.25, 0.3) is 0 Å². The van der Waals surface area contributed by atoms with E-state index in [4.69, 9.17) is 21.1 Å². The highest BCUT2D eigenvalue weighted by Crippen LogP contribution is 2.34. The van der Waals surface area contributed by atoms with Crippen LogP contribution in [0.15, 0.2) is 42.5 Å². The Bertz CT molecular complexity index is 630. The number of rotatable bonds is 5. The summed E-state index contributed by atoms with van der Waals surface area (Å²) in [6.07, 6.45) is 0. The molecular weight excluding hydrogens is 286 g/mol. The van der Waals surface area contributed by atoms with Crippen molar-refractivity contribution >= 4 is 11.6 Å². The van der Waals surface area contributed by atoms with Crippen LogP contribution in [0.2, 0.25) is 5.02 Å². The lowest BCUT2D eigenvalue weighted by Gasteiger charge is -2.13. The van der Waals surface area contributed by atoms with Gasteiger partial charge in [0.1, 0.15) is 11.5 Å². The van der Waals surface area contributed by atoms with Crippen molar-refractivity contribution in [3.8, 4) is 11.5 Å². The van der Waals surface area contributed by atoms with Crippen LogP contribution < -0.4 is 14.8 Å².